The second kappa shape index (κ2) is 10.7. The van der Waals surface area contributed by atoms with Crippen molar-refractivity contribution in [3.05, 3.63) is 64.8 Å². The van der Waals surface area contributed by atoms with Crippen molar-refractivity contribution in [1.29, 1.82) is 0 Å². The summed E-state index contributed by atoms with van der Waals surface area (Å²) in [6.45, 7) is 0.139. The summed E-state index contributed by atoms with van der Waals surface area (Å²) in [6.07, 6.45) is 4.40. The van der Waals surface area contributed by atoms with E-state index in [2.05, 4.69) is 10.3 Å². The molecule has 43 heavy (non-hydrogen) atoms. The zero-order valence-corrected chi connectivity index (χ0v) is 24.4. The van der Waals surface area contributed by atoms with Crippen molar-refractivity contribution in [3.8, 4) is 0 Å². The SMILES string of the molecule is O=C(N[C@H]1CCC[C@H]2CC[C@@H](C(=O)N3CC(O)(c4ccccn4)C3)N2C1=O)c1cc2cc(C(F)(F)P(=O)(O)O)ccc2s1. The van der Waals surface area contributed by atoms with Gasteiger partial charge in [-0.1, -0.05) is 12.1 Å². The Morgan fingerprint density at radius 2 is 1.86 bits per heavy atom. The average Bonchev–Trinajstić information content (AvgIpc) is 3.54. The largest absolute Gasteiger partial charge is 0.399 e. The number of aliphatic hydroxyl groups is 1. The quantitative estimate of drug-likeness (QED) is 0.301. The van der Waals surface area contributed by atoms with Gasteiger partial charge in [0.2, 0.25) is 11.8 Å². The standard InChI is InChI=1S/C28H29F2N4O7PS/c29-28(30,42(39,40)41)17-7-10-21-16(12-17)13-22(43-21)24(35)32-19-5-3-4-18-8-9-20(34(18)25(19)36)26(37)33-14-27(38,15-33)23-6-1-2-11-31-23/h1-2,6-7,10-13,18-20,38H,3-5,8-9,14-15H2,(H,32,35)(H2,39,40,41)/t18-,19-,20-/m0/s1. The summed E-state index contributed by atoms with van der Waals surface area (Å²) in [4.78, 5) is 66.0. The van der Waals surface area contributed by atoms with E-state index >= 15 is 0 Å². The molecule has 3 amide bonds. The predicted octanol–water partition coefficient (Wildman–Crippen LogP) is 2.90. The molecule has 3 aliphatic rings. The van der Waals surface area contributed by atoms with Crippen LogP contribution in [0.1, 0.15) is 53.0 Å². The molecule has 11 nitrogen and oxygen atoms in total. The van der Waals surface area contributed by atoms with Crippen molar-refractivity contribution >= 4 is 46.7 Å². The molecule has 3 fully saturated rings. The van der Waals surface area contributed by atoms with Crippen molar-refractivity contribution < 1.29 is 42.6 Å². The average molecular weight is 635 g/mol. The monoisotopic (exact) mass is 634 g/mol. The van der Waals surface area contributed by atoms with Gasteiger partial charge in [0.15, 0.2) is 0 Å². The van der Waals surface area contributed by atoms with Gasteiger partial charge in [0.05, 0.1) is 23.7 Å². The molecule has 1 aromatic carbocycles. The molecule has 3 atom stereocenters. The van der Waals surface area contributed by atoms with Gasteiger partial charge in [-0.25, -0.2) is 0 Å². The Balaban J connectivity index is 1.15. The van der Waals surface area contributed by atoms with Crippen LogP contribution in [0.25, 0.3) is 10.1 Å². The number of nitrogens with one attached hydrogen (secondary N) is 1. The molecule has 2 aromatic heterocycles. The van der Waals surface area contributed by atoms with Crippen LogP contribution < -0.4 is 5.32 Å². The minimum absolute atomic E-state index is 0.0694. The first-order valence-corrected chi connectivity index (χ1v) is 16.2. The van der Waals surface area contributed by atoms with Crippen molar-refractivity contribution in [3.63, 3.8) is 0 Å². The molecule has 0 spiro atoms. The van der Waals surface area contributed by atoms with Crippen molar-refractivity contribution in [2.24, 2.45) is 0 Å². The van der Waals surface area contributed by atoms with Crippen LogP contribution in [-0.2, 0) is 25.4 Å². The van der Waals surface area contributed by atoms with Gasteiger partial charge in [0.1, 0.15) is 17.7 Å². The molecule has 3 aliphatic heterocycles. The molecule has 6 rings (SSSR count). The van der Waals surface area contributed by atoms with E-state index in [4.69, 9.17) is 9.79 Å². The van der Waals surface area contributed by atoms with Crippen molar-refractivity contribution in [2.45, 2.75) is 61.5 Å². The third-order valence-electron chi connectivity index (χ3n) is 8.49. The number of carbonyl (C=O) groups is 3. The summed E-state index contributed by atoms with van der Waals surface area (Å²) < 4.78 is 40.2. The zero-order chi connectivity index (χ0) is 30.7. The maximum absolute atomic E-state index is 14.2. The number of alkyl halides is 2. The first kappa shape index (κ1) is 29.8. The number of β-amino-alcohol motifs (C(OH)–C–C–N with tert-alkyl or cyclic N) is 1. The van der Waals surface area contributed by atoms with Crippen LogP contribution >= 0.6 is 18.9 Å². The molecule has 3 aromatic rings. The van der Waals surface area contributed by atoms with Gasteiger partial charge in [0, 0.05) is 22.5 Å². The number of fused-ring (bicyclic) bond motifs is 2. The summed E-state index contributed by atoms with van der Waals surface area (Å²) in [7, 11) is -5.76. The normalized spacial score (nSPS) is 23.9. The van der Waals surface area contributed by atoms with E-state index in [1.54, 1.807) is 29.3 Å². The number of hydrogen-bond donors (Lipinski definition) is 4. The Morgan fingerprint density at radius 3 is 2.56 bits per heavy atom. The summed E-state index contributed by atoms with van der Waals surface area (Å²) in [6, 6.07) is 7.91. The van der Waals surface area contributed by atoms with Gasteiger partial charge in [-0.15, -0.1) is 11.3 Å². The predicted molar refractivity (Wildman–Crippen MR) is 151 cm³/mol. The van der Waals surface area contributed by atoms with E-state index in [1.807, 2.05) is 0 Å². The van der Waals surface area contributed by atoms with E-state index in [9.17, 15) is 32.8 Å². The van der Waals surface area contributed by atoms with Gasteiger partial charge < -0.3 is 30.0 Å². The van der Waals surface area contributed by atoms with Crippen LogP contribution in [0.3, 0.4) is 0 Å². The van der Waals surface area contributed by atoms with Crippen LogP contribution in [0.2, 0.25) is 0 Å². The summed E-state index contributed by atoms with van der Waals surface area (Å²) in [5.41, 5.74) is -6.02. The molecule has 0 saturated carbocycles. The van der Waals surface area contributed by atoms with E-state index in [0.29, 0.717) is 42.5 Å². The smallest absolute Gasteiger partial charge is 0.380 e. The van der Waals surface area contributed by atoms with Crippen LogP contribution in [0, 0.1) is 0 Å². The minimum atomic E-state index is -5.76. The number of thiophene rings is 1. The first-order valence-electron chi connectivity index (χ1n) is 13.8. The Morgan fingerprint density at radius 1 is 1.09 bits per heavy atom. The number of hydrogen-bond acceptors (Lipinski definition) is 7. The lowest BCUT2D eigenvalue weighted by atomic mass is 9.89. The third-order valence-corrected chi connectivity index (χ3v) is 10.6. The van der Waals surface area contributed by atoms with Gasteiger partial charge in [0.25, 0.3) is 5.91 Å². The van der Waals surface area contributed by atoms with E-state index < -0.39 is 42.4 Å². The number of likely N-dealkylation sites (tertiary alicyclic amines) is 1. The topological polar surface area (TPSA) is 160 Å². The molecule has 228 valence electrons. The molecule has 5 heterocycles. The van der Waals surface area contributed by atoms with E-state index in [0.717, 1.165) is 23.5 Å². The van der Waals surface area contributed by atoms with Gasteiger partial charge in [-0.05, 0) is 67.8 Å². The van der Waals surface area contributed by atoms with E-state index in [-0.39, 0.29) is 41.2 Å². The number of rotatable bonds is 6. The molecule has 0 bridgehead atoms. The fourth-order valence-corrected chi connectivity index (χ4v) is 7.65. The molecule has 0 unspecified atom stereocenters. The molecule has 3 saturated heterocycles. The lowest BCUT2D eigenvalue weighted by Crippen LogP contribution is -2.65. The molecule has 0 radical (unpaired) electrons. The maximum Gasteiger partial charge on any atom is 0.399 e. The number of nitrogens with zero attached hydrogens (tertiary/aromatic N) is 3. The van der Waals surface area contributed by atoms with Gasteiger partial charge in [-0.2, -0.15) is 8.78 Å². The molecule has 15 heteroatoms. The summed E-state index contributed by atoms with van der Waals surface area (Å²) >= 11 is 0.999. The minimum Gasteiger partial charge on any atom is -0.380 e. The van der Waals surface area contributed by atoms with Crippen LogP contribution in [0.4, 0.5) is 8.78 Å². The third kappa shape index (κ3) is 5.25. The number of pyridine rings is 1. The highest BCUT2D eigenvalue weighted by molar-refractivity contribution is 7.52. The summed E-state index contributed by atoms with van der Waals surface area (Å²) in [5.74, 6) is -1.21. The van der Waals surface area contributed by atoms with Gasteiger partial charge in [-0.3, -0.25) is 23.9 Å². The lowest BCUT2D eigenvalue weighted by Gasteiger charge is -2.47. The molecule has 4 N–H and O–H groups in total. The zero-order valence-electron chi connectivity index (χ0n) is 22.7. The lowest BCUT2D eigenvalue weighted by molar-refractivity contribution is -0.165. The molecular formula is C28H29F2N4O7PS. The van der Waals surface area contributed by atoms with Crippen LogP contribution in [-0.4, -0.2) is 78.6 Å². The van der Waals surface area contributed by atoms with Crippen molar-refractivity contribution in [2.75, 3.05) is 13.1 Å². The fraction of sp³-hybridized carbons (Fsp3) is 0.429. The Hall–Kier alpha value is -3.29. The highest BCUT2D eigenvalue weighted by Crippen LogP contribution is 2.59. The number of carbonyl (C=O) groups excluding carboxylic acids is 3. The van der Waals surface area contributed by atoms with E-state index in [1.165, 1.54) is 17.0 Å². The fourth-order valence-electron chi connectivity index (χ4n) is 6.23. The highest BCUT2D eigenvalue weighted by Gasteiger charge is 2.52. The van der Waals surface area contributed by atoms with Crippen molar-refractivity contribution in [1.82, 2.24) is 20.1 Å². The van der Waals surface area contributed by atoms with Crippen LogP contribution in [0.5, 0.6) is 0 Å². The highest BCUT2D eigenvalue weighted by atomic mass is 32.1. The van der Waals surface area contributed by atoms with Crippen LogP contribution in [0.15, 0.2) is 48.7 Å². The Bertz CT molecular complexity index is 1640. The number of amides is 3. The maximum atomic E-state index is 14.2. The second-order valence-electron chi connectivity index (χ2n) is 11.3. The summed E-state index contributed by atoms with van der Waals surface area (Å²) in [5, 5.41) is 13.9. The number of aromatic nitrogens is 1. The second-order valence-corrected chi connectivity index (χ2v) is 14.1. The molecule has 0 aliphatic carbocycles. The number of halogens is 2. The Kier molecular flexibility index (Phi) is 7.41. The number of benzene rings is 1. The Labute approximate surface area is 248 Å². The molecular weight excluding hydrogens is 605 g/mol. The van der Waals surface area contributed by atoms with Gasteiger partial charge >= 0.3 is 13.3 Å². The first-order chi connectivity index (χ1) is 20.3.